The van der Waals surface area contributed by atoms with Gasteiger partial charge in [-0.3, -0.25) is 4.72 Å². The summed E-state index contributed by atoms with van der Waals surface area (Å²) in [7, 11) is -4.22. The first-order valence-electron chi connectivity index (χ1n) is 10.5. The Labute approximate surface area is 195 Å². The van der Waals surface area contributed by atoms with E-state index in [1.165, 1.54) is 23.7 Å². The molecular formula is C20H25F3N8O2S. The number of benzene rings is 1. The lowest BCUT2D eigenvalue weighted by Gasteiger charge is -2.28. The van der Waals surface area contributed by atoms with E-state index in [-0.39, 0.29) is 34.8 Å². The quantitative estimate of drug-likeness (QED) is 0.567. The first kappa shape index (κ1) is 25.3. The summed E-state index contributed by atoms with van der Waals surface area (Å²) < 4.78 is 66.0. The molecule has 1 aromatic heterocycles. The highest BCUT2D eigenvalue weighted by Gasteiger charge is 2.46. The Morgan fingerprint density at radius 3 is 2.59 bits per heavy atom. The maximum absolute atomic E-state index is 13.1. The van der Waals surface area contributed by atoms with Gasteiger partial charge in [0, 0.05) is 25.8 Å². The molecule has 0 bridgehead atoms. The fourth-order valence-electron chi connectivity index (χ4n) is 3.68. The lowest BCUT2D eigenvalue weighted by Crippen LogP contribution is -2.31. The molecule has 0 aliphatic carbocycles. The Hall–Kier alpha value is -3.34. The fraction of sp³-hybridized carbons (Fsp3) is 0.500. The summed E-state index contributed by atoms with van der Waals surface area (Å²) in [6.07, 6.45) is 2.38. The second-order valence-corrected chi connectivity index (χ2v) is 10.0. The molecule has 0 saturated heterocycles. The van der Waals surface area contributed by atoms with E-state index in [9.17, 15) is 21.6 Å². The van der Waals surface area contributed by atoms with E-state index < -0.39 is 15.5 Å². The largest absolute Gasteiger partial charge is 0.516 e. The van der Waals surface area contributed by atoms with Crippen LogP contribution in [-0.2, 0) is 23.5 Å². The molecule has 1 aliphatic rings. The number of hydrogen-bond donors (Lipinski definition) is 2. The number of hydrogen-bond acceptors (Lipinski definition) is 8. The van der Waals surface area contributed by atoms with Crippen molar-refractivity contribution in [1.29, 1.82) is 5.26 Å². The third-order valence-corrected chi connectivity index (χ3v) is 6.35. The van der Waals surface area contributed by atoms with Gasteiger partial charge in [-0.05, 0) is 42.9 Å². The number of sulfonamides is 1. The number of nitrogen functional groups attached to an aromatic ring is 1. The van der Waals surface area contributed by atoms with E-state index >= 15 is 0 Å². The molecule has 1 aromatic carbocycles. The zero-order chi connectivity index (χ0) is 25.3. The second-order valence-electron chi connectivity index (χ2n) is 8.36. The number of nitrogens with two attached hydrogens (primary N) is 1. The van der Waals surface area contributed by atoms with E-state index in [1.807, 2.05) is 24.8 Å². The Balaban J connectivity index is 2.14. The number of anilines is 3. The van der Waals surface area contributed by atoms with Gasteiger partial charge in [0.2, 0.25) is 0 Å². The normalized spacial score (nSPS) is 14.8. The molecule has 14 heteroatoms. The maximum atomic E-state index is 13.1. The predicted molar refractivity (Wildman–Crippen MR) is 122 cm³/mol. The van der Waals surface area contributed by atoms with Crippen LogP contribution in [0.1, 0.15) is 37.9 Å². The van der Waals surface area contributed by atoms with Crippen molar-refractivity contribution in [3.05, 3.63) is 23.4 Å². The monoisotopic (exact) mass is 498 g/mol. The molecule has 0 saturated carbocycles. The van der Waals surface area contributed by atoms with Crippen molar-refractivity contribution in [2.75, 3.05) is 28.4 Å². The van der Waals surface area contributed by atoms with Gasteiger partial charge in [-0.2, -0.15) is 31.8 Å². The third kappa shape index (κ3) is 5.24. The molecule has 184 valence electrons. The van der Waals surface area contributed by atoms with Gasteiger partial charge in [0.1, 0.15) is 11.8 Å². The van der Waals surface area contributed by atoms with Crippen LogP contribution in [-0.4, -0.2) is 36.6 Å². The Morgan fingerprint density at radius 1 is 1.29 bits per heavy atom. The number of fused-ring (bicyclic) bond motifs is 1. The zero-order valence-corrected chi connectivity index (χ0v) is 19.7. The molecule has 0 amide bonds. The minimum Gasteiger partial charge on any atom is -0.381 e. The summed E-state index contributed by atoms with van der Waals surface area (Å²) in [4.78, 5) is 5.96. The van der Waals surface area contributed by atoms with Crippen LogP contribution in [0.5, 0.6) is 0 Å². The Bertz CT molecular complexity index is 1250. The van der Waals surface area contributed by atoms with Crippen molar-refractivity contribution >= 4 is 38.9 Å². The van der Waals surface area contributed by atoms with Crippen molar-refractivity contribution < 1.29 is 21.6 Å². The molecule has 10 nitrogen and oxygen atoms in total. The molecule has 2 heterocycles. The minimum absolute atomic E-state index is 0.0400. The molecule has 0 spiro atoms. The van der Waals surface area contributed by atoms with E-state index in [0.717, 1.165) is 18.4 Å². The van der Waals surface area contributed by atoms with Crippen LogP contribution >= 0.6 is 0 Å². The molecule has 0 fully saturated rings. The summed E-state index contributed by atoms with van der Waals surface area (Å²) >= 11 is 0. The lowest BCUT2D eigenvalue weighted by atomic mass is 10.1. The van der Waals surface area contributed by atoms with Crippen molar-refractivity contribution in [3.63, 3.8) is 0 Å². The van der Waals surface area contributed by atoms with Gasteiger partial charge in [-0.25, -0.2) is 0 Å². The highest BCUT2D eigenvalue weighted by Crippen LogP contribution is 2.39. The number of azo groups is 1. The first-order chi connectivity index (χ1) is 15.8. The highest BCUT2D eigenvalue weighted by atomic mass is 32.2. The molecule has 0 unspecified atom stereocenters. The predicted octanol–water partition coefficient (Wildman–Crippen LogP) is 4.35. The number of imidazole rings is 1. The number of aryl methyl sites for hydroxylation is 1. The first-order valence-corrected chi connectivity index (χ1v) is 12.0. The van der Waals surface area contributed by atoms with Crippen LogP contribution in [0.4, 0.5) is 42.0 Å². The molecular weight excluding hydrogens is 473 g/mol. The Kier molecular flexibility index (Phi) is 7.06. The third-order valence-electron chi connectivity index (χ3n) is 5.25. The number of nitriles is 1. The van der Waals surface area contributed by atoms with Crippen LogP contribution in [0.15, 0.2) is 22.4 Å². The van der Waals surface area contributed by atoms with Crippen molar-refractivity contribution in [3.8, 4) is 6.07 Å². The second kappa shape index (κ2) is 9.49. The summed E-state index contributed by atoms with van der Waals surface area (Å²) in [5, 5.41) is 17.0. The van der Waals surface area contributed by atoms with Crippen molar-refractivity contribution in [1.82, 2.24) is 9.55 Å². The smallest absolute Gasteiger partial charge is 0.381 e. The van der Waals surface area contributed by atoms with E-state index in [0.29, 0.717) is 25.2 Å². The molecule has 0 atom stereocenters. The molecule has 3 N–H and O–H groups in total. The van der Waals surface area contributed by atoms with Crippen LogP contribution < -0.4 is 15.4 Å². The molecule has 1 aliphatic heterocycles. The highest BCUT2D eigenvalue weighted by molar-refractivity contribution is 7.93. The average Bonchev–Trinajstić information content (AvgIpc) is 2.87. The summed E-state index contributed by atoms with van der Waals surface area (Å²) in [5.74, 6) is 0.141. The van der Waals surface area contributed by atoms with E-state index in [4.69, 9.17) is 11.0 Å². The summed E-state index contributed by atoms with van der Waals surface area (Å²) in [5.41, 5.74) is 1.19. The average molecular weight is 499 g/mol. The van der Waals surface area contributed by atoms with Gasteiger partial charge < -0.3 is 15.2 Å². The molecule has 2 aromatic rings. The number of nitrogens with zero attached hydrogens (tertiary/aromatic N) is 6. The van der Waals surface area contributed by atoms with E-state index in [2.05, 4.69) is 15.2 Å². The lowest BCUT2D eigenvalue weighted by molar-refractivity contribution is -0.0429. The zero-order valence-electron chi connectivity index (χ0n) is 18.9. The van der Waals surface area contributed by atoms with Gasteiger partial charge in [0.25, 0.3) is 5.95 Å². The number of rotatable bonds is 6. The van der Waals surface area contributed by atoms with Crippen LogP contribution in [0.3, 0.4) is 0 Å². The van der Waals surface area contributed by atoms with Gasteiger partial charge in [-0.15, -0.1) is 10.2 Å². The fourth-order valence-corrected chi connectivity index (χ4v) is 4.25. The summed E-state index contributed by atoms with van der Waals surface area (Å²) in [6.45, 7) is 5.40. The number of alkyl halides is 3. The SMILES string of the molecule is CC(C)CN1CCCCc2cc(N=Nc3nc(N)c(C#N)n3C)c(NS(=O)(=O)C(F)(F)F)cc21. The number of nitrogens with one attached hydrogen (secondary N) is 1. The minimum atomic E-state index is -5.70. The standard InChI is InChI=1S/C20H25F3N8O2S/c1-12(2)11-31-7-5-4-6-13-8-14(27-28-19-26-18(25)17(10-24)30(19)3)15(9-16(13)31)29-34(32,33)20(21,22)23/h8-9,12,29H,4-7,11,25H2,1-3H3. The van der Waals surface area contributed by atoms with Crippen molar-refractivity contribution in [2.45, 2.75) is 38.6 Å². The van der Waals surface area contributed by atoms with Gasteiger partial charge in [-0.1, -0.05) is 13.8 Å². The molecule has 0 radical (unpaired) electrons. The van der Waals surface area contributed by atoms with Crippen LogP contribution in [0.2, 0.25) is 0 Å². The van der Waals surface area contributed by atoms with Crippen LogP contribution in [0.25, 0.3) is 0 Å². The molecule has 34 heavy (non-hydrogen) atoms. The Morgan fingerprint density at radius 2 is 2.00 bits per heavy atom. The number of aromatic nitrogens is 2. The van der Waals surface area contributed by atoms with Crippen molar-refractivity contribution in [2.24, 2.45) is 23.2 Å². The van der Waals surface area contributed by atoms with Gasteiger partial charge >= 0.3 is 15.5 Å². The van der Waals surface area contributed by atoms with E-state index in [1.54, 1.807) is 4.72 Å². The van der Waals surface area contributed by atoms with Gasteiger partial charge in [0.05, 0.1) is 5.69 Å². The summed E-state index contributed by atoms with van der Waals surface area (Å²) in [6, 6.07) is 4.76. The van der Waals surface area contributed by atoms with Crippen LogP contribution in [0, 0.1) is 17.2 Å². The van der Waals surface area contributed by atoms with Gasteiger partial charge in [0.15, 0.2) is 11.5 Å². The number of halogens is 3. The topological polar surface area (TPSA) is 142 Å². The molecule has 3 rings (SSSR count). The maximum Gasteiger partial charge on any atom is 0.516 e.